The normalized spacial score (nSPS) is 9.69. The molecule has 0 bridgehead atoms. The molecule has 1 aromatic carbocycles. The summed E-state index contributed by atoms with van der Waals surface area (Å²) < 4.78 is 0. The van der Waals surface area contributed by atoms with Crippen LogP contribution in [0.15, 0.2) is 18.2 Å². The Morgan fingerprint density at radius 1 is 1.31 bits per heavy atom. The lowest BCUT2D eigenvalue weighted by Crippen LogP contribution is -2.33. The molecule has 0 aromatic heterocycles. The average Bonchev–Trinajstić information content (AvgIpc) is 2.15. The standard InChI is InChI=1S/C10H10Cl2N2OS/c1-2-9(15)14-10(16)13-8-4-6(11)3-7(12)5-8/h3-5H,2H2,1H3,(H2,13,14,15,16). The smallest absolute Gasteiger partial charge is 0.225 e. The van der Waals surface area contributed by atoms with E-state index in [9.17, 15) is 4.79 Å². The number of hydrogen-bond acceptors (Lipinski definition) is 2. The molecular formula is C10H10Cl2N2OS. The minimum absolute atomic E-state index is 0.148. The van der Waals surface area contributed by atoms with E-state index in [4.69, 9.17) is 35.4 Å². The highest BCUT2D eigenvalue weighted by molar-refractivity contribution is 7.80. The molecule has 0 atom stereocenters. The van der Waals surface area contributed by atoms with Crippen LogP contribution in [0.3, 0.4) is 0 Å². The first-order chi connectivity index (χ1) is 7.51. The van der Waals surface area contributed by atoms with E-state index in [1.165, 1.54) is 0 Å². The Bertz CT molecular complexity index is 403. The van der Waals surface area contributed by atoms with Crippen molar-refractivity contribution < 1.29 is 4.79 Å². The van der Waals surface area contributed by atoms with Crippen molar-refractivity contribution in [3.8, 4) is 0 Å². The second-order valence-electron chi connectivity index (χ2n) is 3.01. The van der Waals surface area contributed by atoms with E-state index < -0.39 is 0 Å². The molecule has 0 heterocycles. The van der Waals surface area contributed by atoms with E-state index in [0.717, 1.165) is 0 Å². The molecule has 16 heavy (non-hydrogen) atoms. The monoisotopic (exact) mass is 276 g/mol. The number of benzene rings is 1. The van der Waals surface area contributed by atoms with Gasteiger partial charge in [0.1, 0.15) is 0 Å². The summed E-state index contributed by atoms with van der Waals surface area (Å²) in [7, 11) is 0. The van der Waals surface area contributed by atoms with E-state index in [0.29, 0.717) is 22.2 Å². The molecule has 1 aromatic rings. The van der Waals surface area contributed by atoms with Crippen LogP contribution in [-0.4, -0.2) is 11.0 Å². The quantitative estimate of drug-likeness (QED) is 0.815. The van der Waals surface area contributed by atoms with Gasteiger partial charge in [-0.2, -0.15) is 0 Å². The molecule has 0 aliphatic heterocycles. The molecule has 0 fully saturated rings. The van der Waals surface area contributed by atoms with E-state index in [-0.39, 0.29) is 11.0 Å². The Hall–Kier alpha value is -0.840. The van der Waals surface area contributed by atoms with E-state index in [1.807, 2.05) is 0 Å². The van der Waals surface area contributed by atoms with Crippen LogP contribution in [0.1, 0.15) is 13.3 Å². The summed E-state index contributed by atoms with van der Waals surface area (Å²) >= 11 is 16.6. The Labute approximate surface area is 109 Å². The second-order valence-corrected chi connectivity index (χ2v) is 4.30. The largest absolute Gasteiger partial charge is 0.332 e. The molecule has 0 spiro atoms. The van der Waals surface area contributed by atoms with Crippen LogP contribution in [0.5, 0.6) is 0 Å². The molecule has 86 valence electrons. The summed E-state index contributed by atoms with van der Waals surface area (Å²) in [6.45, 7) is 1.74. The van der Waals surface area contributed by atoms with Crippen LogP contribution in [0.2, 0.25) is 10.0 Å². The molecule has 0 unspecified atom stereocenters. The number of carbonyl (C=O) groups excluding carboxylic acids is 1. The van der Waals surface area contributed by atoms with Gasteiger partial charge in [-0.1, -0.05) is 30.1 Å². The fourth-order valence-corrected chi connectivity index (χ4v) is 1.76. The molecule has 6 heteroatoms. The van der Waals surface area contributed by atoms with Gasteiger partial charge in [0.25, 0.3) is 0 Å². The van der Waals surface area contributed by atoms with Gasteiger partial charge >= 0.3 is 0 Å². The maximum absolute atomic E-state index is 11.1. The van der Waals surface area contributed by atoms with Gasteiger partial charge in [-0.25, -0.2) is 0 Å². The number of hydrogen-bond donors (Lipinski definition) is 2. The number of nitrogens with one attached hydrogen (secondary N) is 2. The van der Waals surface area contributed by atoms with Crippen LogP contribution in [-0.2, 0) is 4.79 Å². The van der Waals surface area contributed by atoms with Crippen LogP contribution >= 0.6 is 35.4 Å². The van der Waals surface area contributed by atoms with Crippen LogP contribution in [0.4, 0.5) is 5.69 Å². The third-order valence-corrected chi connectivity index (χ3v) is 2.34. The molecule has 0 saturated heterocycles. The van der Waals surface area contributed by atoms with Gasteiger partial charge in [-0.05, 0) is 30.4 Å². The van der Waals surface area contributed by atoms with Crippen molar-refractivity contribution in [3.05, 3.63) is 28.2 Å². The fraction of sp³-hybridized carbons (Fsp3) is 0.200. The van der Waals surface area contributed by atoms with Gasteiger partial charge in [0, 0.05) is 22.2 Å². The van der Waals surface area contributed by atoms with Crippen molar-refractivity contribution in [2.24, 2.45) is 0 Å². The maximum Gasteiger partial charge on any atom is 0.225 e. The summed E-state index contributed by atoms with van der Waals surface area (Å²) in [5.74, 6) is -0.148. The first-order valence-corrected chi connectivity index (χ1v) is 5.74. The van der Waals surface area contributed by atoms with Gasteiger partial charge in [0.15, 0.2) is 5.11 Å². The molecule has 2 N–H and O–H groups in total. The van der Waals surface area contributed by atoms with E-state index in [1.54, 1.807) is 25.1 Å². The third kappa shape index (κ3) is 4.35. The number of anilines is 1. The lowest BCUT2D eigenvalue weighted by atomic mass is 10.3. The van der Waals surface area contributed by atoms with Crippen molar-refractivity contribution in [1.82, 2.24) is 5.32 Å². The first-order valence-electron chi connectivity index (χ1n) is 4.58. The summed E-state index contributed by atoms with van der Waals surface area (Å²) in [6.07, 6.45) is 0.373. The molecule has 3 nitrogen and oxygen atoms in total. The van der Waals surface area contributed by atoms with Crippen molar-refractivity contribution >= 4 is 52.1 Å². The zero-order chi connectivity index (χ0) is 12.1. The molecule has 1 rings (SSSR count). The molecule has 0 aliphatic carbocycles. The Morgan fingerprint density at radius 2 is 1.88 bits per heavy atom. The van der Waals surface area contributed by atoms with Crippen molar-refractivity contribution in [1.29, 1.82) is 0 Å². The number of rotatable bonds is 2. The van der Waals surface area contributed by atoms with Crippen LogP contribution in [0, 0.1) is 0 Å². The lowest BCUT2D eigenvalue weighted by Gasteiger charge is -2.09. The predicted octanol–water partition coefficient (Wildman–Crippen LogP) is 3.22. The molecular weight excluding hydrogens is 267 g/mol. The Kier molecular flexibility index (Phi) is 4.99. The van der Waals surface area contributed by atoms with Gasteiger partial charge in [0.05, 0.1) is 0 Å². The lowest BCUT2D eigenvalue weighted by molar-refractivity contribution is -0.119. The number of halogens is 2. The van der Waals surface area contributed by atoms with E-state index >= 15 is 0 Å². The van der Waals surface area contributed by atoms with Crippen molar-refractivity contribution in [3.63, 3.8) is 0 Å². The Morgan fingerprint density at radius 3 is 2.38 bits per heavy atom. The van der Waals surface area contributed by atoms with Crippen molar-refractivity contribution in [2.45, 2.75) is 13.3 Å². The highest BCUT2D eigenvalue weighted by atomic mass is 35.5. The summed E-state index contributed by atoms with van der Waals surface area (Å²) in [4.78, 5) is 11.1. The highest BCUT2D eigenvalue weighted by Crippen LogP contribution is 2.22. The second kappa shape index (κ2) is 6.03. The summed E-state index contributed by atoms with van der Waals surface area (Å²) in [6, 6.07) is 4.94. The van der Waals surface area contributed by atoms with Gasteiger partial charge < -0.3 is 10.6 Å². The summed E-state index contributed by atoms with van der Waals surface area (Å²) in [5, 5.41) is 6.56. The van der Waals surface area contributed by atoms with Crippen molar-refractivity contribution in [2.75, 3.05) is 5.32 Å². The maximum atomic E-state index is 11.1. The first kappa shape index (κ1) is 13.2. The predicted molar refractivity (Wildman–Crippen MR) is 71.1 cm³/mol. The number of thiocarbonyl (C=S) groups is 1. The zero-order valence-electron chi connectivity index (χ0n) is 8.51. The average molecular weight is 277 g/mol. The number of carbonyl (C=O) groups is 1. The Balaban J connectivity index is 2.66. The molecule has 0 aliphatic rings. The highest BCUT2D eigenvalue weighted by Gasteiger charge is 2.03. The van der Waals surface area contributed by atoms with Crippen LogP contribution in [0.25, 0.3) is 0 Å². The SMILES string of the molecule is CCC(=O)NC(=S)Nc1cc(Cl)cc(Cl)c1. The summed E-state index contributed by atoms with van der Waals surface area (Å²) in [5.41, 5.74) is 0.638. The molecule has 0 saturated carbocycles. The fourth-order valence-electron chi connectivity index (χ4n) is 1.00. The molecule has 0 radical (unpaired) electrons. The minimum atomic E-state index is -0.148. The third-order valence-electron chi connectivity index (χ3n) is 1.69. The van der Waals surface area contributed by atoms with Gasteiger partial charge in [-0.15, -0.1) is 0 Å². The molecule has 1 amide bonds. The van der Waals surface area contributed by atoms with Gasteiger partial charge in [-0.3, -0.25) is 4.79 Å². The minimum Gasteiger partial charge on any atom is -0.332 e. The topological polar surface area (TPSA) is 41.1 Å². The number of amides is 1. The van der Waals surface area contributed by atoms with E-state index in [2.05, 4.69) is 10.6 Å². The van der Waals surface area contributed by atoms with Crippen LogP contribution < -0.4 is 10.6 Å². The van der Waals surface area contributed by atoms with Gasteiger partial charge in [0.2, 0.25) is 5.91 Å². The zero-order valence-corrected chi connectivity index (χ0v) is 10.8.